The first-order valence-electron chi connectivity index (χ1n) is 5.64. The van der Waals surface area contributed by atoms with Crippen molar-refractivity contribution in [2.75, 3.05) is 0 Å². The maximum Gasteiger partial charge on any atom is 0.494 e. The maximum atomic E-state index is 13.6. The van der Waals surface area contributed by atoms with Crippen LogP contribution >= 0.6 is 23.2 Å². The molecule has 0 unspecified atom stereocenters. The van der Waals surface area contributed by atoms with Crippen molar-refractivity contribution < 1.29 is 13.7 Å². The Morgan fingerprint density at radius 3 is 2.00 bits per heavy atom. The molecule has 1 saturated heterocycles. The molecule has 1 heterocycles. The summed E-state index contributed by atoms with van der Waals surface area (Å²) in [6.45, 7) is 7.73. The third kappa shape index (κ3) is 2.27. The normalized spacial score (nSPS) is 21.4. The van der Waals surface area contributed by atoms with Gasteiger partial charge in [-0.15, -0.1) is 0 Å². The molecular weight excluding hydrogens is 277 g/mol. The van der Waals surface area contributed by atoms with E-state index in [1.54, 1.807) is 6.07 Å². The second-order valence-corrected chi connectivity index (χ2v) is 6.17. The molecule has 0 aromatic heterocycles. The Labute approximate surface area is 117 Å². The Kier molecular flexibility index (Phi) is 3.44. The average molecular weight is 291 g/mol. The molecule has 1 aliphatic heterocycles. The number of benzene rings is 1. The highest BCUT2D eigenvalue weighted by atomic mass is 35.5. The quantitative estimate of drug-likeness (QED) is 0.583. The molecule has 0 radical (unpaired) electrons. The van der Waals surface area contributed by atoms with Gasteiger partial charge in [0, 0.05) is 0 Å². The van der Waals surface area contributed by atoms with Gasteiger partial charge in [-0.3, -0.25) is 0 Å². The van der Waals surface area contributed by atoms with Crippen molar-refractivity contribution >= 4 is 35.8 Å². The molecule has 0 N–H and O–H groups in total. The summed E-state index contributed by atoms with van der Waals surface area (Å²) in [5, 5.41) is 0.0679. The van der Waals surface area contributed by atoms with Crippen molar-refractivity contribution in [3.05, 3.63) is 28.0 Å². The molecule has 6 heteroatoms. The highest BCUT2D eigenvalue weighted by Gasteiger charge is 2.51. The largest absolute Gasteiger partial charge is 0.494 e. The van der Waals surface area contributed by atoms with Gasteiger partial charge in [-0.25, -0.2) is 4.39 Å². The van der Waals surface area contributed by atoms with E-state index in [0.717, 1.165) is 0 Å². The molecule has 1 aromatic carbocycles. The Balaban J connectivity index is 2.36. The van der Waals surface area contributed by atoms with Crippen LogP contribution in [-0.2, 0) is 9.31 Å². The van der Waals surface area contributed by atoms with Crippen LogP contribution in [0.2, 0.25) is 10.0 Å². The zero-order valence-corrected chi connectivity index (χ0v) is 12.2. The van der Waals surface area contributed by atoms with E-state index in [4.69, 9.17) is 32.5 Å². The van der Waals surface area contributed by atoms with Crippen molar-refractivity contribution in [2.45, 2.75) is 38.9 Å². The SMILES string of the molecule is CC1(C)OB(c2cc(F)c(Cl)c(Cl)c2)OC1(C)C. The molecule has 0 aliphatic carbocycles. The van der Waals surface area contributed by atoms with Crippen molar-refractivity contribution in [2.24, 2.45) is 0 Å². The van der Waals surface area contributed by atoms with Crippen LogP contribution in [0.3, 0.4) is 0 Å². The third-order valence-corrected chi connectivity index (χ3v) is 4.31. The van der Waals surface area contributed by atoms with Crippen LogP contribution in [0, 0.1) is 5.82 Å². The first kappa shape index (κ1) is 14.1. The molecule has 0 saturated carbocycles. The first-order chi connectivity index (χ1) is 8.14. The monoisotopic (exact) mass is 290 g/mol. The van der Waals surface area contributed by atoms with E-state index in [9.17, 15) is 4.39 Å². The van der Waals surface area contributed by atoms with Crippen molar-refractivity contribution in [3.63, 3.8) is 0 Å². The Bertz CT molecular complexity index is 452. The van der Waals surface area contributed by atoms with E-state index in [0.29, 0.717) is 5.46 Å². The number of hydrogen-bond donors (Lipinski definition) is 0. The summed E-state index contributed by atoms with van der Waals surface area (Å²) in [4.78, 5) is 0. The molecular formula is C12H14BCl2FO2. The Hall–Kier alpha value is -0.285. The molecule has 2 rings (SSSR count). The smallest absolute Gasteiger partial charge is 0.399 e. The third-order valence-electron chi connectivity index (χ3n) is 3.53. The summed E-state index contributed by atoms with van der Waals surface area (Å²) in [6, 6.07) is 2.85. The lowest BCUT2D eigenvalue weighted by Gasteiger charge is -2.32. The molecule has 0 spiro atoms. The topological polar surface area (TPSA) is 18.5 Å². The van der Waals surface area contributed by atoms with Crippen LogP contribution in [0.15, 0.2) is 12.1 Å². The minimum Gasteiger partial charge on any atom is -0.399 e. The average Bonchev–Trinajstić information content (AvgIpc) is 2.44. The predicted octanol–water partition coefficient (Wildman–Crippen LogP) is 3.43. The van der Waals surface area contributed by atoms with Crippen LogP contribution in [0.25, 0.3) is 0 Å². The molecule has 2 nitrogen and oxygen atoms in total. The standard InChI is InChI=1S/C12H14BCl2FO2/c1-11(2)12(3,4)18-13(17-11)7-5-8(14)10(15)9(16)6-7/h5-6H,1-4H3. The highest BCUT2D eigenvalue weighted by Crippen LogP contribution is 2.37. The maximum absolute atomic E-state index is 13.6. The molecule has 1 aliphatic rings. The fraction of sp³-hybridized carbons (Fsp3) is 0.500. The van der Waals surface area contributed by atoms with Crippen LogP contribution < -0.4 is 5.46 Å². The first-order valence-corrected chi connectivity index (χ1v) is 6.40. The summed E-state index contributed by atoms with van der Waals surface area (Å²) >= 11 is 11.5. The van der Waals surface area contributed by atoms with Gasteiger partial charge in [0.05, 0.1) is 21.2 Å². The second kappa shape index (κ2) is 4.38. The second-order valence-electron chi connectivity index (χ2n) is 5.39. The van der Waals surface area contributed by atoms with Crippen LogP contribution in [0.1, 0.15) is 27.7 Å². The van der Waals surface area contributed by atoms with Crippen molar-refractivity contribution in [3.8, 4) is 0 Å². The van der Waals surface area contributed by atoms with E-state index in [-0.39, 0.29) is 10.0 Å². The van der Waals surface area contributed by atoms with E-state index in [1.807, 2.05) is 27.7 Å². The molecule has 1 aromatic rings. The van der Waals surface area contributed by atoms with E-state index in [2.05, 4.69) is 0 Å². The minimum absolute atomic E-state index is 0.0862. The van der Waals surface area contributed by atoms with Gasteiger partial charge >= 0.3 is 7.12 Å². The summed E-state index contributed by atoms with van der Waals surface area (Å²) < 4.78 is 25.2. The lowest BCUT2D eigenvalue weighted by molar-refractivity contribution is 0.00578. The minimum atomic E-state index is -0.640. The van der Waals surface area contributed by atoms with Crippen molar-refractivity contribution in [1.82, 2.24) is 0 Å². The molecule has 0 bridgehead atoms. The number of halogens is 3. The number of rotatable bonds is 1. The summed E-state index contributed by atoms with van der Waals surface area (Å²) in [5.41, 5.74) is -0.416. The Morgan fingerprint density at radius 2 is 1.56 bits per heavy atom. The predicted molar refractivity (Wildman–Crippen MR) is 72.1 cm³/mol. The zero-order valence-electron chi connectivity index (χ0n) is 10.7. The van der Waals surface area contributed by atoms with Gasteiger partial charge in [-0.2, -0.15) is 0 Å². The fourth-order valence-corrected chi connectivity index (χ4v) is 2.02. The molecule has 0 atom stereocenters. The lowest BCUT2D eigenvalue weighted by atomic mass is 9.79. The zero-order chi connectivity index (χ0) is 13.7. The van der Waals surface area contributed by atoms with E-state index >= 15 is 0 Å². The lowest BCUT2D eigenvalue weighted by Crippen LogP contribution is -2.41. The van der Waals surface area contributed by atoms with Gasteiger partial charge in [0.15, 0.2) is 0 Å². The summed E-state index contributed by atoms with van der Waals surface area (Å²) in [5.74, 6) is -0.575. The fourth-order valence-electron chi connectivity index (χ4n) is 1.69. The van der Waals surface area contributed by atoms with Gasteiger partial charge in [-0.1, -0.05) is 23.2 Å². The van der Waals surface area contributed by atoms with Gasteiger partial charge < -0.3 is 9.31 Å². The highest BCUT2D eigenvalue weighted by molar-refractivity contribution is 6.62. The molecule has 98 valence electrons. The molecule has 18 heavy (non-hydrogen) atoms. The van der Waals surface area contributed by atoms with E-state index < -0.39 is 24.1 Å². The van der Waals surface area contributed by atoms with Crippen LogP contribution in [0.5, 0.6) is 0 Å². The summed E-state index contributed by atoms with van der Waals surface area (Å²) in [6.07, 6.45) is 0. The molecule has 1 fully saturated rings. The number of hydrogen-bond acceptors (Lipinski definition) is 2. The Morgan fingerprint density at radius 1 is 1.06 bits per heavy atom. The molecule has 0 amide bonds. The van der Waals surface area contributed by atoms with Gasteiger partial charge in [0.25, 0.3) is 0 Å². The van der Waals surface area contributed by atoms with Crippen molar-refractivity contribution in [1.29, 1.82) is 0 Å². The van der Waals surface area contributed by atoms with Gasteiger partial charge in [-0.05, 0) is 45.3 Å². The van der Waals surface area contributed by atoms with E-state index in [1.165, 1.54) is 6.07 Å². The van der Waals surface area contributed by atoms with Gasteiger partial charge in [0.1, 0.15) is 5.82 Å². The summed E-state index contributed by atoms with van der Waals surface area (Å²) in [7, 11) is -0.640. The van der Waals surface area contributed by atoms with Crippen LogP contribution in [-0.4, -0.2) is 18.3 Å². The van der Waals surface area contributed by atoms with Crippen LogP contribution in [0.4, 0.5) is 4.39 Å². The van der Waals surface area contributed by atoms with Gasteiger partial charge in [0.2, 0.25) is 0 Å².